The largest absolute Gasteiger partial charge is 0.494 e. The second kappa shape index (κ2) is 7.23. The van der Waals surface area contributed by atoms with E-state index in [1.807, 2.05) is 30.3 Å². The Bertz CT molecular complexity index is 1000. The molecule has 0 saturated heterocycles. The number of esters is 1. The number of Topliss-reactive ketones (excluding diaryl/α,β-unsaturated/α-hetero) is 1. The van der Waals surface area contributed by atoms with Gasteiger partial charge >= 0.3 is 5.97 Å². The Balaban J connectivity index is 2.23. The molecule has 132 valence electrons. The zero-order valence-electron chi connectivity index (χ0n) is 14.4. The van der Waals surface area contributed by atoms with Crippen molar-refractivity contribution < 1.29 is 19.4 Å². The number of nitrogens with one attached hydrogen (secondary N) is 1. The van der Waals surface area contributed by atoms with Gasteiger partial charge in [-0.1, -0.05) is 30.3 Å². The maximum absolute atomic E-state index is 11.7. The first-order valence-corrected chi connectivity index (χ1v) is 8.04. The van der Waals surface area contributed by atoms with Gasteiger partial charge in [0.05, 0.1) is 18.4 Å². The molecule has 0 bridgehead atoms. The molecule has 0 radical (unpaired) electrons. The van der Waals surface area contributed by atoms with Gasteiger partial charge in [0.1, 0.15) is 6.54 Å². The average Bonchev–Trinajstić information content (AvgIpc) is 2.97. The fraction of sp³-hybridized carbons (Fsp3) is 0.150. The molecular formula is C20H18N2O4. The molecule has 0 aliphatic carbocycles. The van der Waals surface area contributed by atoms with E-state index in [0.29, 0.717) is 27.7 Å². The third-order valence-corrected chi connectivity index (χ3v) is 4.06. The number of H-pyrrole nitrogens is 1. The van der Waals surface area contributed by atoms with E-state index in [-0.39, 0.29) is 18.2 Å². The molecular weight excluding hydrogens is 332 g/mol. The molecule has 3 rings (SSSR count). The van der Waals surface area contributed by atoms with E-state index >= 15 is 0 Å². The van der Waals surface area contributed by atoms with Crippen molar-refractivity contribution in [3.05, 3.63) is 65.2 Å². The van der Waals surface area contributed by atoms with Gasteiger partial charge in [-0.3, -0.25) is 14.6 Å². The summed E-state index contributed by atoms with van der Waals surface area (Å²) in [7, 11) is 1.29. The Labute approximate surface area is 150 Å². The molecule has 0 atom stereocenters. The molecule has 0 amide bonds. The number of fused-ring (bicyclic) bond motifs is 1. The average molecular weight is 350 g/mol. The minimum atomic E-state index is -0.484. The SMILES string of the molecule is COC(=O)CN=C(c1ccccc1)c1c(O)[nH]c2ccc(C(C)=O)cc12. The second-order valence-electron chi connectivity index (χ2n) is 5.77. The van der Waals surface area contributed by atoms with E-state index in [0.717, 1.165) is 5.56 Å². The summed E-state index contributed by atoms with van der Waals surface area (Å²) >= 11 is 0. The Morgan fingerprint density at radius 2 is 1.85 bits per heavy atom. The topological polar surface area (TPSA) is 91.8 Å². The van der Waals surface area contributed by atoms with Crippen molar-refractivity contribution in [2.24, 2.45) is 4.99 Å². The van der Waals surface area contributed by atoms with Crippen molar-refractivity contribution >= 4 is 28.4 Å². The maximum atomic E-state index is 11.7. The van der Waals surface area contributed by atoms with Crippen LogP contribution in [0.15, 0.2) is 53.5 Å². The number of rotatable bonds is 5. The Morgan fingerprint density at radius 1 is 1.12 bits per heavy atom. The molecule has 0 aliphatic heterocycles. The molecule has 1 heterocycles. The fourth-order valence-electron chi connectivity index (χ4n) is 2.76. The minimum absolute atomic E-state index is 0.0758. The van der Waals surface area contributed by atoms with Crippen molar-refractivity contribution in [2.75, 3.05) is 13.7 Å². The van der Waals surface area contributed by atoms with E-state index in [9.17, 15) is 14.7 Å². The number of carbonyl (C=O) groups excluding carboxylic acids is 2. The number of benzene rings is 2. The molecule has 0 spiro atoms. The number of hydrogen-bond donors (Lipinski definition) is 2. The molecule has 6 heteroatoms. The van der Waals surface area contributed by atoms with Gasteiger partial charge in [0.15, 0.2) is 11.7 Å². The second-order valence-corrected chi connectivity index (χ2v) is 5.77. The van der Waals surface area contributed by atoms with E-state index in [2.05, 4.69) is 14.7 Å². The predicted octanol–water partition coefficient (Wildman–Crippen LogP) is 3.09. The first-order chi connectivity index (χ1) is 12.5. The third-order valence-electron chi connectivity index (χ3n) is 4.06. The van der Waals surface area contributed by atoms with Crippen LogP contribution in [0, 0.1) is 0 Å². The van der Waals surface area contributed by atoms with Gasteiger partial charge in [0.25, 0.3) is 0 Å². The van der Waals surface area contributed by atoms with Gasteiger partial charge in [-0.25, -0.2) is 0 Å². The predicted molar refractivity (Wildman–Crippen MR) is 98.9 cm³/mol. The van der Waals surface area contributed by atoms with Crippen LogP contribution < -0.4 is 0 Å². The van der Waals surface area contributed by atoms with Gasteiger partial charge in [-0.15, -0.1) is 0 Å². The summed E-state index contributed by atoms with van der Waals surface area (Å²) < 4.78 is 4.66. The standard InChI is InChI=1S/C20H18N2O4/c1-12(23)14-8-9-16-15(10-14)18(20(25)22-16)19(21-11-17(24)26-2)13-6-4-3-5-7-13/h3-10,22,25H,11H2,1-2H3. The number of aromatic hydroxyl groups is 1. The Kier molecular flexibility index (Phi) is 4.84. The molecule has 0 fully saturated rings. The number of aromatic nitrogens is 1. The quantitative estimate of drug-likeness (QED) is 0.420. The highest BCUT2D eigenvalue weighted by molar-refractivity contribution is 6.21. The highest BCUT2D eigenvalue weighted by Gasteiger charge is 2.19. The van der Waals surface area contributed by atoms with Gasteiger partial charge in [0, 0.05) is 22.0 Å². The number of carbonyl (C=O) groups is 2. The van der Waals surface area contributed by atoms with Gasteiger partial charge in [0.2, 0.25) is 0 Å². The van der Waals surface area contributed by atoms with Crippen molar-refractivity contribution in [3.63, 3.8) is 0 Å². The van der Waals surface area contributed by atoms with Gasteiger partial charge in [-0.05, 0) is 25.1 Å². The molecule has 0 aliphatic rings. The fourth-order valence-corrected chi connectivity index (χ4v) is 2.76. The van der Waals surface area contributed by atoms with Crippen LogP contribution in [0.1, 0.15) is 28.4 Å². The summed E-state index contributed by atoms with van der Waals surface area (Å²) in [6, 6.07) is 14.4. The number of aliphatic imine (C=N–C) groups is 1. The zero-order chi connectivity index (χ0) is 18.7. The molecule has 0 unspecified atom stereocenters. The highest BCUT2D eigenvalue weighted by atomic mass is 16.5. The van der Waals surface area contributed by atoms with Crippen LogP contribution in [0.2, 0.25) is 0 Å². The van der Waals surface area contributed by atoms with Crippen molar-refractivity contribution in [3.8, 4) is 5.88 Å². The van der Waals surface area contributed by atoms with Crippen LogP contribution >= 0.6 is 0 Å². The molecule has 3 aromatic rings. The van der Waals surface area contributed by atoms with E-state index in [4.69, 9.17) is 0 Å². The van der Waals surface area contributed by atoms with Crippen LogP contribution in [0.3, 0.4) is 0 Å². The van der Waals surface area contributed by atoms with Crippen LogP contribution in [0.5, 0.6) is 5.88 Å². The van der Waals surface area contributed by atoms with Crippen LogP contribution in [-0.4, -0.2) is 41.2 Å². The molecule has 6 nitrogen and oxygen atoms in total. The van der Waals surface area contributed by atoms with Gasteiger partial charge < -0.3 is 14.8 Å². The van der Waals surface area contributed by atoms with Crippen molar-refractivity contribution in [1.29, 1.82) is 0 Å². The van der Waals surface area contributed by atoms with Crippen LogP contribution in [0.25, 0.3) is 10.9 Å². The van der Waals surface area contributed by atoms with Crippen molar-refractivity contribution in [1.82, 2.24) is 4.98 Å². The summed E-state index contributed by atoms with van der Waals surface area (Å²) in [4.78, 5) is 30.6. The van der Waals surface area contributed by atoms with Crippen LogP contribution in [-0.2, 0) is 9.53 Å². The first-order valence-electron chi connectivity index (χ1n) is 8.04. The van der Waals surface area contributed by atoms with Crippen LogP contribution in [0.4, 0.5) is 0 Å². The minimum Gasteiger partial charge on any atom is -0.494 e. The lowest BCUT2D eigenvalue weighted by atomic mass is 9.99. The number of hydrogen-bond acceptors (Lipinski definition) is 5. The highest BCUT2D eigenvalue weighted by Crippen LogP contribution is 2.31. The number of ether oxygens (including phenoxy) is 1. The summed E-state index contributed by atoms with van der Waals surface area (Å²) in [5.74, 6) is -0.637. The lowest BCUT2D eigenvalue weighted by molar-refractivity contribution is -0.138. The van der Waals surface area contributed by atoms with E-state index in [1.165, 1.54) is 14.0 Å². The lowest BCUT2D eigenvalue weighted by Crippen LogP contribution is -2.10. The van der Waals surface area contributed by atoms with Gasteiger partial charge in [-0.2, -0.15) is 0 Å². The molecule has 26 heavy (non-hydrogen) atoms. The summed E-state index contributed by atoms with van der Waals surface area (Å²) in [6.07, 6.45) is 0. The smallest absolute Gasteiger partial charge is 0.327 e. The molecule has 1 aromatic heterocycles. The Hall–Kier alpha value is -3.41. The number of methoxy groups -OCH3 is 1. The van der Waals surface area contributed by atoms with Crippen molar-refractivity contribution in [2.45, 2.75) is 6.92 Å². The maximum Gasteiger partial charge on any atom is 0.327 e. The Morgan fingerprint density at radius 3 is 2.50 bits per heavy atom. The summed E-state index contributed by atoms with van der Waals surface area (Å²) in [6.45, 7) is 1.30. The normalized spacial score (nSPS) is 11.5. The molecule has 0 saturated carbocycles. The molecule has 2 N–H and O–H groups in total. The molecule has 2 aromatic carbocycles. The zero-order valence-corrected chi connectivity index (χ0v) is 14.4. The number of nitrogens with zero attached hydrogens (tertiary/aromatic N) is 1. The summed E-state index contributed by atoms with van der Waals surface area (Å²) in [5, 5.41) is 11.1. The lowest BCUT2D eigenvalue weighted by Gasteiger charge is -2.08. The third kappa shape index (κ3) is 3.35. The number of ketones is 1. The first kappa shape index (κ1) is 17.4. The number of aromatic amines is 1. The summed E-state index contributed by atoms with van der Waals surface area (Å²) in [5.41, 5.74) is 2.82. The van der Waals surface area contributed by atoms with E-state index in [1.54, 1.807) is 18.2 Å². The van der Waals surface area contributed by atoms with E-state index < -0.39 is 5.97 Å². The monoisotopic (exact) mass is 350 g/mol.